The summed E-state index contributed by atoms with van der Waals surface area (Å²) < 4.78 is 11.7. The molecular weight excluding hydrogens is 352 g/mol. The number of hydrogen-bond acceptors (Lipinski definition) is 4. The number of aryl methyl sites for hydroxylation is 1. The second-order valence-corrected chi connectivity index (χ2v) is 6.31. The molecule has 0 aliphatic heterocycles. The van der Waals surface area contributed by atoms with Crippen LogP contribution in [0.1, 0.15) is 27.3 Å². The minimum Gasteiger partial charge on any atom is -0.497 e. The zero-order chi connectivity index (χ0) is 18.7. The first-order valence-electron chi connectivity index (χ1n) is 8.08. The van der Waals surface area contributed by atoms with Gasteiger partial charge in [-0.15, -0.1) is 0 Å². The Bertz CT molecular complexity index is 933. The highest BCUT2D eigenvalue weighted by molar-refractivity contribution is 6.32. The van der Waals surface area contributed by atoms with E-state index in [0.29, 0.717) is 22.9 Å². The lowest BCUT2D eigenvalue weighted by molar-refractivity contribution is 0.0593. The van der Waals surface area contributed by atoms with E-state index in [1.54, 1.807) is 30.0 Å². The number of esters is 1. The molecule has 0 radical (unpaired) electrons. The fourth-order valence-electron chi connectivity index (χ4n) is 2.66. The molecule has 0 aliphatic rings. The minimum atomic E-state index is -0.487. The van der Waals surface area contributed by atoms with E-state index in [0.717, 1.165) is 11.3 Å². The topological polar surface area (TPSA) is 53.4 Å². The third-order valence-electron chi connectivity index (χ3n) is 4.07. The van der Waals surface area contributed by atoms with Gasteiger partial charge >= 0.3 is 5.97 Å². The van der Waals surface area contributed by atoms with Gasteiger partial charge in [-0.3, -0.25) is 0 Å². The lowest BCUT2D eigenvalue weighted by atomic mass is 10.1. The van der Waals surface area contributed by atoms with Crippen LogP contribution in [0.5, 0.6) is 5.75 Å². The molecule has 1 heterocycles. The number of carbonyl (C=O) groups is 1. The number of benzene rings is 2. The normalized spacial score (nSPS) is 10.6. The second kappa shape index (κ2) is 7.62. The zero-order valence-corrected chi connectivity index (χ0v) is 15.6. The van der Waals surface area contributed by atoms with Gasteiger partial charge in [-0.2, -0.15) is 5.10 Å². The van der Waals surface area contributed by atoms with Crippen LogP contribution in [0.15, 0.2) is 48.5 Å². The van der Waals surface area contributed by atoms with Crippen molar-refractivity contribution in [2.75, 3.05) is 14.2 Å². The summed E-state index contributed by atoms with van der Waals surface area (Å²) in [4.78, 5) is 11.9. The summed E-state index contributed by atoms with van der Waals surface area (Å²) in [7, 11) is 2.92. The molecule has 3 rings (SSSR count). The van der Waals surface area contributed by atoms with E-state index in [-0.39, 0.29) is 5.69 Å². The van der Waals surface area contributed by atoms with Gasteiger partial charge in [0.25, 0.3) is 0 Å². The largest absolute Gasteiger partial charge is 0.497 e. The third-order valence-corrected chi connectivity index (χ3v) is 4.37. The molecule has 0 bridgehead atoms. The number of nitrogens with zero attached hydrogens (tertiary/aromatic N) is 2. The fraction of sp³-hybridized carbons (Fsp3) is 0.200. The second-order valence-electron chi connectivity index (χ2n) is 5.90. The van der Waals surface area contributed by atoms with Gasteiger partial charge in [0.2, 0.25) is 0 Å². The molecule has 1 aromatic heterocycles. The summed E-state index contributed by atoms with van der Waals surface area (Å²) in [5.74, 6) is 0.165. The van der Waals surface area contributed by atoms with Crippen molar-refractivity contribution < 1.29 is 14.3 Å². The molecule has 0 unspecified atom stereocenters. The van der Waals surface area contributed by atoms with E-state index in [4.69, 9.17) is 21.1 Å². The van der Waals surface area contributed by atoms with Crippen molar-refractivity contribution in [3.8, 4) is 11.4 Å². The van der Waals surface area contributed by atoms with E-state index in [1.165, 1.54) is 12.7 Å². The highest BCUT2D eigenvalue weighted by atomic mass is 35.5. The average molecular weight is 371 g/mol. The Morgan fingerprint density at radius 1 is 1.12 bits per heavy atom. The Morgan fingerprint density at radius 3 is 2.46 bits per heavy atom. The van der Waals surface area contributed by atoms with Crippen LogP contribution in [0.2, 0.25) is 5.02 Å². The predicted octanol–water partition coefficient (Wildman–Crippen LogP) is 4.22. The van der Waals surface area contributed by atoms with Gasteiger partial charge in [0.15, 0.2) is 5.69 Å². The molecule has 0 amide bonds. The fourth-order valence-corrected chi connectivity index (χ4v) is 2.91. The number of hydrogen-bond donors (Lipinski definition) is 0. The lowest BCUT2D eigenvalue weighted by Gasteiger charge is -2.11. The van der Waals surface area contributed by atoms with Crippen molar-refractivity contribution in [2.24, 2.45) is 0 Å². The molecular formula is C20H19ClN2O3. The number of rotatable bonds is 5. The summed E-state index contributed by atoms with van der Waals surface area (Å²) >= 11 is 6.40. The Morgan fingerprint density at radius 2 is 1.85 bits per heavy atom. The van der Waals surface area contributed by atoms with E-state index in [9.17, 15) is 4.79 Å². The summed E-state index contributed by atoms with van der Waals surface area (Å²) in [6.07, 6.45) is 0.604. The summed E-state index contributed by atoms with van der Waals surface area (Å²) in [5, 5.41) is 4.88. The van der Waals surface area contributed by atoms with Crippen LogP contribution in [0.4, 0.5) is 0 Å². The van der Waals surface area contributed by atoms with Crippen molar-refractivity contribution in [2.45, 2.75) is 13.3 Å². The maximum Gasteiger partial charge on any atom is 0.358 e. The van der Waals surface area contributed by atoms with Crippen molar-refractivity contribution in [1.82, 2.24) is 9.78 Å². The van der Waals surface area contributed by atoms with E-state index >= 15 is 0 Å². The highest BCUT2D eigenvalue weighted by Gasteiger charge is 2.18. The highest BCUT2D eigenvalue weighted by Crippen LogP contribution is 2.27. The van der Waals surface area contributed by atoms with Crippen molar-refractivity contribution in [3.63, 3.8) is 0 Å². The smallest absolute Gasteiger partial charge is 0.358 e. The number of halogens is 1. The molecule has 0 saturated heterocycles. The summed E-state index contributed by atoms with van der Waals surface area (Å²) in [6.45, 7) is 2.04. The maximum absolute atomic E-state index is 11.9. The molecule has 6 heteroatoms. The van der Waals surface area contributed by atoms with Crippen LogP contribution >= 0.6 is 11.6 Å². The Balaban J connectivity index is 2.06. The van der Waals surface area contributed by atoms with E-state index in [1.807, 2.05) is 13.0 Å². The minimum absolute atomic E-state index is 0.237. The molecule has 0 N–H and O–H groups in total. The van der Waals surface area contributed by atoms with Crippen LogP contribution in [-0.4, -0.2) is 30.0 Å². The van der Waals surface area contributed by atoms with E-state index in [2.05, 4.69) is 29.4 Å². The van der Waals surface area contributed by atoms with Gasteiger partial charge in [-0.05, 0) is 30.7 Å². The monoisotopic (exact) mass is 370 g/mol. The van der Waals surface area contributed by atoms with E-state index < -0.39 is 5.97 Å². The van der Waals surface area contributed by atoms with Gasteiger partial charge in [0, 0.05) is 18.2 Å². The van der Waals surface area contributed by atoms with Crippen LogP contribution < -0.4 is 4.74 Å². The maximum atomic E-state index is 11.9. The van der Waals surface area contributed by atoms with Crippen LogP contribution in [0.25, 0.3) is 5.69 Å². The average Bonchev–Trinajstić information content (AvgIpc) is 3.06. The molecule has 0 fully saturated rings. The van der Waals surface area contributed by atoms with Gasteiger partial charge in [-0.1, -0.05) is 41.4 Å². The third kappa shape index (κ3) is 3.73. The molecule has 5 nitrogen and oxygen atoms in total. The number of ether oxygens (including phenoxy) is 2. The van der Waals surface area contributed by atoms with Crippen LogP contribution in [0, 0.1) is 6.92 Å². The van der Waals surface area contributed by atoms with Crippen LogP contribution in [0.3, 0.4) is 0 Å². The first-order chi connectivity index (χ1) is 12.5. The van der Waals surface area contributed by atoms with Crippen molar-refractivity contribution in [3.05, 3.63) is 76.1 Å². The van der Waals surface area contributed by atoms with Gasteiger partial charge in [0.05, 0.1) is 24.9 Å². The molecule has 0 spiro atoms. The number of methoxy groups -OCH3 is 2. The Hall–Kier alpha value is -2.79. The van der Waals surface area contributed by atoms with Crippen molar-refractivity contribution >= 4 is 17.6 Å². The number of aromatic nitrogens is 2. The summed E-state index contributed by atoms with van der Waals surface area (Å²) in [5.41, 5.74) is 4.04. The van der Waals surface area contributed by atoms with Gasteiger partial charge < -0.3 is 9.47 Å². The van der Waals surface area contributed by atoms with Gasteiger partial charge in [-0.25, -0.2) is 9.48 Å². The first kappa shape index (κ1) is 18.0. The number of carbonyl (C=O) groups excluding carboxylic acids is 1. The molecule has 2 aromatic carbocycles. The van der Waals surface area contributed by atoms with Gasteiger partial charge in [0.1, 0.15) is 5.75 Å². The molecule has 134 valence electrons. The Labute approximate surface area is 157 Å². The SMILES string of the molecule is COC(=O)c1cc(Cc2ccc(C)cc2)n(-c2ccc(OC)cc2Cl)n1. The summed E-state index contributed by atoms with van der Waals surface area (Å²) in [6, 6.07) is 15.3. The predicted molar refractivity (Wildman–Crippen MR) is 100 cm³/mol. The Kier molecular flexibility index (Phi) is 5.28. The first-order valence-corrected chi connectivity index (χ1v) is 8.46. The standard InChI is InChI=1S/C20H19ClN2O3/c1-13-4-6-14(7-5-13)10-15-11-18(20(24)26-3)22-23(15)19-9-8-16(25-2)12-17(19)21/h4-9,11-12H,10H2,1-3H3. The molecule has 0 aliphatic carbocycles. The quantitative estimate of drug-likeness (QED) is 0.631. The molecule has 3 aromatic rings. The molecule has 0 atom stereocenters. The van der Waals surface area contributed by atoms with Crippen LogP contribution in [-0.2, 0) is 11.2 Å². The zero-order valence-electron chi connectivity index (χ0n) is 14.8. The van der Waals surface area contributed by atoms with Crippen molar-refractivity contribution in [1.29, 1.82) is 0 Å². The molecule has 26 heavy (non-hydrogen) atoms. The molecule has 0 saturated carbocycles. The lowest BCUT2D eigenvalue weighted by Crippen LogP contribution is -2.06.